The largest absolute Gasteiger partial charge is 0.320 e. The Labute approximate surface area is 84.0 Å². The molecule has 2 aliphatic carbocycles. The summed E-state index contributed by atoms with van der Waals surface area (Å²) in [5.74, 6) is -2.56. The fraction of sp³-hybridized carbons (Fsp3) is 1.00. The summed E-state index contributed by atoms with van der Waals surface area (Å²) in [4.78, 5) is 0. The van der Waals surface area contributed by atoms with Crippen LogP contribution < -0.4 is 5.73 Å². The summed E-state index contributed by atoms with van der Waals surface area (Å²) in [6.45, 7) is 4.31. The quantitative estimate of drug-likeness (QED) is 0.696. The zero-order valence-corrected chi connectivity index (χ0v) is 8.95. The van der Waals surface area contributed by atoms with Gasteiger partial charge in [-0.15, -0.1) is 0 Å². The van der Waals surface area contributed by atoms with Crippen molar-refractivity contribution >= 4 is 0 Å². The monoisotopic (exact) mass is 203 g/mol. The van der Waals surface area contributed by atoms with Gasteiger partial charge in [-0.25, -0.2) is 8.78 Å². The zero-order chi connectivity index (χ0) is 10.6. The molecule has 2 fully saturated rings. The van der Waals surface area contributed by atoms with E-state index in [4.69, 9.17) is 5.73 Å². The Kier molecular flexibility index (Phi) is 1.98. The molecule has 0 saturated heterocycles. The molecule has 0 radical (unpaired) electrons. The molecular formula is C11H19F2N. The van der Waals surface area contributed by atoms with Gasteiger partial charge in [0.15, 0.2) is 0 Å². The van der Waals surface area contributed by atoms with Gasteiger partial charge in [0.1, 0.15) is 0 Å². The van der Waals surface area contributed by atoms with Crippen LogP contribution in [0.5, 0.6) is 0 Å². The van der Waals surface area contributed by atoms with Crippen LogP contribution in [0.2, 0.25) is 0 Å². The molecule has 0 bridgehead atoms. The van der Waals surface area contributed by atoms with Crippen LogP contribution in [0.1, 0.15) is 46.0 Å². The van der Waals surface area contributed by atoms with Crippen molar-refractivity contribution in [3.63, 3.8) is 0 Å². The second-order valence-corrected chi connectivity index (χ2v) is 5.88. The van der Waals surface area contributed by atoms with E-state index in [0.717, 1.165) is 25.7 Å². The highest BCUT2D eigenvalue weighted by Gasteiger charge is 2.72. The van der Waals surface area contributed by atoms with Gasteiger partial charge in [0.2, 0.25) is 0 Å². The molecule has 0 spiro atoms. The van der Waals surface area contributed by atoms with Crippen LogP contribution in [-0.4, -0.2) is 11.5 Å². The van der Waals surface area contributed by atoms with E-state index in [0.29, 0.717) is 0 Å². The van der Waals surface area contributed by atoms with Gasteiger partial charge in [-0.1, -0.05) is 20.3 Å². The Morgan fingerprint density at radius 2 is 1.86 bits per heavy atom. The first-order chi connectivity index (χ1) is 6.27. The first kappa shape index (κ1) is 10.3. The van der Waals surface area contributed by atoms with Crippen LogP contribution in [0.15, 0.2) is 0 Å². The molecule has 1 nitrogen and oxygen atoms in total. The first-order valence-electron chi connectivity index (χ1n) is 5.44. The summed E-state index contributed by atoms with van der Waals surface area (Å²) in [5, 5.41) is 0. The van der Waals surface area contributed by atoms with E-state index in [9.17, 15) is 8.78 Å². The first-order valence-corrected chi connectivity index (χ1v) is 5.44. The molecule has 0 aromatic heterocycles. The Morgan fingerprint density at radius 3 is 2.29 bits per heavy atom. The number of rotatable bonds is 1. The standard InChI is InChI=1S/C11H19F2N/c1-9(2)5-3-4-8(6-9)10(14)7-11(10,12)13/h8H,3-7,14H2,1-2H3. The second kappa shape index (κ2) is 2.69. The van der Waals surface area contributed by atoms with Crippen molar-refractivity contribution in [2.45, 2.75) is 57.4 Å². The molecule has 0 aliphatic heterocycles. The van der Waals surface area contributed by atoms with Crippen molar-refractivity contribution in [3.05, 3.63) is 0 Å². The third kappa shape index (κ3) is 1.46. The van der Waals surface area contributed by atoms with E-state index in [1.165, 1.54) is 0 Å². The lowest BCUT2D eigenvalue weighted by Crippen LogP contribution is -2.42. The van der Waals surface area contributed by atoms with Gasteiger partial charge in [0, 0.05) is 6.42 Å². The van der Waals surface area contributed by atoms with Crippen molar-refractivity contribution in [3.8, 4) is 0 Å². The van der Waals surface area contributed by atoms with E-state index in [-0.39, 0.29) is 17.8 Å². The number of hydrogen-bond donors (Lipinski definition) is 1. The van der Waals surface area contributed by atoms with Crippen molar-refractivity contribution in [2.75, 3.05) is 0 Å². The highest BCUT2D eigenvalue weighted by Crippen LogP contribution is 2.59. The maximum atomic E-state index is 13.1. The average molecular weight is 203 g/mol. The molecule has 0 amide bonds. The van der Waals surface area contributed by atoms with Crippen LogP contribution in [0, 0.1) is 11.3 Å². The van der Waals surface area contributed by atoms with Crippen LogP contribution in [0.4, 0.5) is 8.78 Å². The van der Waals surface area contributed by atoms with Crippen molar-refractivity contribution in [1.82, 2.24) is 0 Å². The summed E-state index contributed by atoms with van der Waals surface area (Å²) < 4.78 is 26.2. The molecule has 2 aliphatic rings. The highest BCUT2D eigenvalue weighted by atomic mass is 19.3. The van der Waals surface area contributed by atoms with E-state index >= 15 is 0 Å². The summed E-state index contributed by atoms with van der Waals surface area (Å²) in [5.41, 5.74) is 4.81. The third-order valence-electron chi connectivity index (χ3n) is 4.00. The second-order valence-electron chi connectivity index (χ2n) is 5.88. The molecule has 3 heteroatoms. The number of hydrogen-bond acceptors (Lipinski definition) is 1. The highest BCUT2D eigenvalue weighted by molar-refractivity contribution is 5.19. The SMILES string of the molecule is CC1(C)CCCC(C2(N)CC2(F)F)C1. The lowest BCUT2D eigenvalue weighted by Gasteiger charge is -2.38. The fourth-order valence-electron chi connectivity index (χ4n) is 2.90. The van der Waals surface area contributed by atoms with E-state index in [1.54, 1.807) is 0 Å². The van der Waals surface area contributed by atoms with Gasteiger partial charge in [0.05, 0.1) is 5.54 Å². The molecule has 2 rings (SSSR count). The maximum Gasteiger partial charge on any atom is 0.268 e. The summed E-state index contributed by atoms with van der Waals surface area (Å²) in [6, 6.07) is 0. The maximum absolute atomic E-state index is 13.1. The molecular weight excluding hydrogens is 184 g/mol. The fourth-order valence-corrected chi connectivity index (χ4v) is 2.90. The van der Waals surface area contributed by atoms with Gasteiger partial charge in [-0.05, 0) is 30.6 Å². The molecule has 2 unspecified atom stereocenters. The summed E-state index contributed by atoms with van der Waals surface area (Å²) in [7, 11) is 0. The molecule has 82 valence electrons. The van der Waals surface area contributed by atoms with E-state index in [1.807, 2.05) is 0 Å². The van der Waals surface area contributed by atoms with Gasteiger partial charge in [0.25, 0.3) is 5.92 Å². The van der Waals surface area contributed by atoms with Crippen molar-refractivity contribution in [1.29, 1.82) is 0 Å². The Bertz CT molecular complexity index is 250. The van der Waals surface area contributed by atoms with Crippen LogP contribution in [0.3, 0.4) is 0 Å². The molecule has 2 N–H and O–H groups in total. The number of halogens is 2. The van der Waals surface area contributed by atoms with Crippen molar-refractivity contribution in [2.24, 2.45) is 17.1 Å². The van der Waals surface area contributed by atoms with Gasteiger partial charge < -0.3 is 5.73 Å². The summed E-state index contributed by atoms with van der Waals surface area (Å²) in [6.07, 6.45) is 3.84. The topological polar surface area (TPSA) is 26.0 Å². The Balaban J connectivity index is 2.07. The van der Waals surface area contributed by atoms with E-state index in [2.05, 4.69) is 13.8 Å². The third-order valence-corrected chi connectivity index (χ3v) is 4.00. The van der Waals surface area contributed by atoms with Gasteiger partial charge in [-0.2, -0.15) is 0 Å². The Morgan fingerprint density at radius 1 is 1.29 bits per heavy atom. The molecule has 0 aromatic carbocycles. The molecule has 2 saturated carbocycles. The van der Waals surface area contributed by atoms with Crippen molar-refractivity contribution < 1.29 is 8.78 Å². The lowest BCUT2D eigenvalue weighted by atomic mass is 9.69. The minimum Gasteiger partial charge on any atom is -0.320 e. The molecule has 0 heterocycles. The number of nitrogens with two attached hydrogens (primary N) is 1. The van der Waals surface area contributed by atoms with Gasteiger partial charge in [-0.3, -0.25) is 0 Å². The average Bonchev–Trinajstić information content (AvgIpc) is 2.50. The minimum atomic E-state index is -2.59. The van der Waals surface area contributed by atoms with Crippen LogP contribution in [0.25, 0.3) is 0 Å². The minimum absolute atomic E-state index is 0.0289. The smallest absolute Gasteiger partial charge is 0.268 e. The molecule has 2 atom stereocenters. The normalized spacial score (nSPS) is 44.8. The lowest BCUT2D eigenvalue weighted by molar-refractivity contribution is 0.0485. The van der Waals surface area contributed by atoms with Gasteiger partial charge >= 0.3 is 0 Å². The molecule has 0 aromatic rings. The summed E-state index contributed by atoms with van der Waals surface area (Å²) >= 11 is 0. The van der Waals surface area contributed by atoms with Crippen LogP contribution in [-0.2, 0) is 0 Å². The Hall–Kier alpha value is -0.180. The van der Waals surface area contributed by atoms with E-state index < -0.39 is 11.5 Å². The van der Waals surface area contributed by atoms with Crippen LogP contribution >= 0.6 is 0 Å². The zero-order valence-electron chi connectivity index (χ0n) is 8.95. The predicted octanol–water partition coefficient (Wildman–Crippen LogP) is 2.94. The molecule has 14 heavy (non-hydrogen) atoms. The number of alkyl halides is 2. The predicted molar refractivity (Wildman–Crippen MR) is 52.2 cm³/mol.